The van der Waals surface area contributed by atoms with E-state index in [2.05, 4.69) is 18.9 Å². The number of nitrogens with zero attached hydrogens (tertiary/aromatic N) is 1. The summed E-state index contributed by atoms with van der Waals surface area (Å²) in [4.78, 5) is 2.18. The number of piperidine rings is 1. The summed E-state index contributed by atoms with van der Waals surface area (Å²) in [6.07, 6.45) is 0.892. The molecule has 0 aromatic rings. The maximum atomic E-state index is 9.21. The van der Waals surface area contributed by atoms with Crippen molar-refractivity contribution in [2.24, 2.45) is 5.92 Å². The summed E-state index contributed by atoms with van der Waals surface area (Å²) in [5.74, 6) is 0.666. The minimum Gasteiger partial charge on any atom is -0.392 e. The first-order valence-corrected chi connectivity index (χ1v) is 4.55. The van der Waals surface area contributed by atoms with Crippen LogP contribution < -0.4 is 0 Å². The molecule has 0 radical (unpaired) electrons. The SMILES string of the molecule is CC.CC1CC(O)CN(C)C1. The summed E-state index contributed by atoms with van der Waals surface area (Å²) in [6.45, 7) is 8.17. The molecule has 0 amide bonds. The highest BCUT2D eigenvalue weighted by Crippen LogP contribution is 2.13. The molecule has 1 aliphatic rings. The van der Waals surface area contributed by atoms with E-state index in [4.69, 9.17) is 0 Å². The van der Waals surface area contributed by atoms with Gasteiger partial charge in [-0.05, 0) is 19.4 Å². The molecule has 0 bridgehead atoms. The molecule has 0 aliphatic carbocycles. The van der Waals surface area contributed by atoms with Gasteiger partial charge in [0.15, 0.2) is 0 Å². The molecule has 1 N–H and O–H groups in total. The maximum absolute atomic E-state index is 9.21. The first-order chi connectivity index (χ1) is 5.18. The fourth-order valence-corrected chi connectivity index (χ4v) is 1.58. The summed E-state index contributed by atoms with van der Waals surface area (Å²) < 4.78 is 0. The zero-order valence-corrected chi connectivity index (χ0v) is 8.17. The number of aliphatic hydroxyl groups is 1. The average molecular weight is 159 g/mol. The van der Waals surface area contributed by atoms with Crippen LogP contribution in [0.15, 0.2) is 0 Å². The number of likely N-dealkylation sites (N-methyl/N-ethyl adjacent to an activating group) is 1. The van der Waals surface area contributed by atoms with Gasteiger partial charge in [-0.1, -0.05) is 20.8 Å². The van der Waals surface area contributed by atoms with Crippen molar-refractivity contribution in [1.29, 1.82) is 0 Å². The molecule has 2 heteroatoms. The molecular weight excluding hydrogens is 138 g/mol. The van der Waals surface area contributed by atoms with Crippen LogP contribution in [-0.2, 0) is 0 Å². The van der Waals surface area contributed by atoms with Crippen molar-refractivity contribution in [3.05, 3.63) is 0 Å². The van der Waals surface area contributed by atoms with E-state index >= 15 is 0 Å². The van der Waals surface area contributed by atoms with Crippen LogP contribution in [0, 0.1) is 5.92 Å². The third-order valence-corrected chi connectivity index (χ3v) is 1.82. The van der Waals surface area contributed by atoms with Gasteiger partial charge in [-0.2, -0.15) is 0 Å². The van der Waals surface area contributed by atoms with E-state index in [-0.39, 0.29) is 6.10 Å². The largest absolute Gasteiger partial charge is 0.392 e. The molecular formula is C9H21NO. The van der Waals surface area contributed by atoms with Gasteiger partial charge in [-0.25, -0.2) is 0 Å². The van der Waals surface area contributed by atoms with E-state index in [1.54, 1.807) is 0 Å². The van der Waals surface area contributed by atoms with Crippen molar-refractivity contribution in [1.82, 2.24) is 4.90 Å². The van der Waals surface area contributed by atoms with Gasteiger partial charge in [-0.15, -0.1) is 0 Å². The van der Waals surface area contributed by atoms with Gasteiger partial charge >= 0.3 is 0 Å². The molecule has 0 aromatic carbocycles. The lowest BCUT2D eigenvalue weighted by Gasteiger charge is -2.30. The van der Waals surface area contributed by atoms with Crippen LogP contribution in [-0.4, -0.2) is 36.2 Å². The monoisotopic (exact) mass is 159 g/mol. The first-order valence-electron chi connectivity index (χ1n) is 4.55. The summed E-state index contributed by atoms with van der Waals surface area (Å²) >= 11 is 0. The summed E-state index contributed by atoms with van der Waals surface area (Å²) in [5.41, 5.74) is 0. The van der Waals surface area contributed by atoms with E-state index in [1.165, 1.54) is 0 Å². The summed E-state index contributed by atoms with van der Waals surface area (Å²) in [5, 5.41) is 9.21. The van der Waals surface area contributed by atoms with Gasteiger partial charge in [0.25, 0.3) is 0 Å². The quantitative estimate of drug-likeness (QED) is 0.576. The van der Waals surface area contributed by atoms with Gasteiger partial charge in [0.05, 0.1) is 6.10 Å². The van der Waals surface area contributed by atoms with Crippen LogP contribution in [0.5, 0.6) is 0 Å². The van der Waals surface area contributed by atoms with Crippen molar-refractivity contribution < 1.29 is 5.11 Å². The number of hydrogen-bond donors (Lipinski definition) is 1. The molecule has 2 nitrogen and oxygen atoms in total. The van der Waals surface area contributed by atoms with Crippen LogP contribution in [0.2, 0.25) is 0 Å². The molecule has 1 heterocycles. The molecule has 11 heavy (non-hydrogen) atoms. The fourth-order valence-electron chi connectivity index (χ4n) is 1.58. The maximum Gasteiger partial charge on any atom is 0.0670 e. The predicted molar refractivity (Wildman–Crippen MR) is 48.6 cm³/mol. The molecule has 2 atom stereocenters. The predicted octanol–water partition coefficient (Wildman–Crippen LogP) is 1.35. The van der Waals surface area contributed by atoms with Crippen molar-refractivity contribution in [3.8, 4) is 0 Å². The Labute approximate surface area is 70.2 Å². The first kappa shape index (κ1) is 10.9. The van der Waals surface area contributed by atoms with Crippen molar-refractivity contribution in [2.75, 3.05) is 20.1 Å². The Balaban J connectivity index is 0.000000461. The Morgan fingerprint density at radius 1 is 1.27 bits per heavy atom. The Hall–Kier alpha value is -0.0800. The zero-order chi connectivity index (χ0) is 8.85. The van der Waals surface area contributed by atoms with Gasteiger partial charge in [0.2, 0.25) is 0 Å². The van der Waals surface area contributed by atoms with Gasteiger partial charge in [0.1, 0.15) is 0 Å². The topological polar surface area (TPSA) is 23.5 Å². The minimum atomic E-state index is -0.0845. The summed E-state index contributed by atoms with van der Waals surface area (Å²) in [7, 11) is 2.05. The van der Waals surface area contributed by atoms with E-state index in [0.29, 0.717) is 5.92 Å². The van der Waals surface area contributed by atoms with Gasteiger partial charge < -0.3 is 10.0 Å². The lowest BCUT2D eigenvalue weighted by molar-refractivity contribution is 0.0582. The van der Waals surface area contributed by atoms with Crippen LogP contribution in [0.3, 0.4) is 0 Å². The fraction of sp³-hybridized carbons (Fsp3) is 1.00. The van der Waals surface area contributed by atoms with Crippen LogP contribution in [0.1, 0.15) is 27.2 Å². The van der Waals surface area contributed by atoms with Crippen molar-refractivity contribution >= 4 is 0 Å². The molecule has 1 rings (SSSR count). The second-order valence-electron chi connectivity index (χ2n) is 3.22. The molecule has 0 saturated carbocycles. The highest BCUT2D eigenvalue weighted by Gasteiger charge is 2.19. The number of likely N-dealkylation sites (tertiary alicyclic amines) is 1. The molecule has 1 saturated heterocycles. The normalized spacial score (nSPS) is 32.5. The van der Waals surface area contributed by atoms with E-state index in [9.17, 15) is 5.11 Å². The molecule has 1 fully saturated rings. The van der Waals surface area contributed by atoms with E-state index < -0.39 is 0 Å². The van der Waals surface area contributed by atoms with E-state index in [1.807, 2.05) is 13.8 Å². The highest BCUT2D eigenvalue weighted by molar-refractivity contribution is 4.73. The molecule has 1 aliphatic heterocycles. The summed E-state index contributed by atoms with van der Waals surface area (Å²) in [6, 6.07) is 0. The second-order valence-corrected chi connectivity index (χ2v) is 3.22. The zero-order valence-electron chi connectivity index (χ0n) is 8.17. The Bertz CT molecular complexity index is 70.5. The lowest BCUT2D eigenvalue weighted by atomic mass is 9.99. The van der Waals surface area contributed by atoms with Crippen LogP contribution >= 0.6 is 0 Å². The number of rotatable bonds is 0. The minimum absolute atomic E-state index is 0.0845. The smallest absolute Gasteiger partial charge is 0.0670 e. The Kier molecular flexibility index (Phi) is 5.51. The van der Waals surface area contributed by atoms with Crippen molar-refractivity contribution in [2.45, 2.75) is 33.3 Å². The third kappa shape index (κ3) is 4.38. The van der Waals surface area contributed by atoms with Crippen molar-refractivity contribution in [3.63, 3.8) is 0 Å². The molecule has 0 aromatic heterocycles. The lowest BCUT2D eigenvalue weighted by Crippen LogP contribution is -2.39. The molecule has 2 unspecified atom stereocenters. The average Bonchev–Trinajstić information content (AvgIpc) is 1.88. The highest BCUT2D eigenvalue weighted by atomic mass is 16.3. The number of aliphatic hydroxyl groups excluding tert-OH is 1. The number of hydrogen-bond acceptors (Lipinski definition) is 2. The second kappa shape index (κ2) is 5.56. The Morgan fingerprint density at radius 3 is 2.18 bits per heavy atom. The third-order valence-electron chi connectivity index (χ3n) is 1.82. The molecule has 68 valence electrons. The van der Waals surface area contributed by atoms with Gasteiger partial charge in [0, 0.05) is 13.1 Å². The van der Waals surface area contributed by atoms with E-state index in [0.717, 1.165) is 19.5 Å². The standard InChI is InChI=1S/C7H15NO.C2H6/c1-6-3-7(9)5-8(2)4-6;1-2/h6-7,9H,3-5H2,1-2H3;1-2H3. The van der Waals surface area contributed by atoms with Crippen LogP contribution in [0.4, 0.5) is 0 Å². The van der Waals surface area contributed by atoms with Crippen LogP contribution in [0.25, 0.3) is 0 Å². The van der Waals surface area contributed by atoms with Gasteiger partial charge in [-0.3, -0.25) is 0 Å². The Morgan fingerprint density at radius 2 is 1.82 bits per heavy atom. The number of β-amino-alcohol motifs (C(OH)–C–C–N with tert-alkyl or cyclic N) is 1. The molecule has 0 spiro atoms.